The molecule has 1 aromatic carbocycles. The highest BCUT2D eigenvalue weighted by Gasteiger charge is 2.53. The first-order valence-corrected chi connectivity index (χ1v) is 9.60. The number of amides is 1. The van der Waals surface area contributed by atoms with E-state index in [1.807, 2.05) is 30.3 Å². The Labute approximate surface area is 155 Å². The molecule has 142 valence electrons. The number of carbonyl (C=O) groups excluding carboxylic acids is 1. The second-order valence-corrected chi connectivity index (χ2v) is 8.27. The first kappa shape index (κ1) is 18.7. The van der Waals surface area contributed by atoms with Crippen molar-refractivity contribution in [3.05, 3.63) is 35.9 Å². The van der Waals surface area contributed by atoms with Crippen molar-refractivity contribution in [2.45, 2.75) is 46.1 Å². The molecule has 1 saturated heterocycles. The van der Waals surface area contributed by atoms with Gasteiger partial charge in [0.05, 0.1) is 5.92 Å². The van der Waals surface area contributed by atoms with Crippen LogP contribution in [0, 0.1) is 23.2 Å². The molecular weight excluding hydrogens is 330 g/mol. The van der Waals surface area contributed by atoms with E-state index < -0.39 is 18.0 Å². The van der Waals surface area contributed by atoms with Crippen molar-refractivity contribution >= 4 is 12.1 Å². The number of carbonyl (C=O) groups is 2. The summed E-state index contributed by atoms with van der Waals surface area (Å²) >= 11 is 0. The van der Waals surface area contributed by atoms with Gasteiger partial charge in [-0.05, 0) is 30.2 Å². The van der Waals surface area contributed by atoms with Crippen LogP contribution in [-0.2, 0) is 16.1 Å². The van der Waals surface area contributed by atoms with Crippen LogP contribution < -0.4 is 0 Å². The highest BCUT2D eigenvalue weighted by molar-refractivity contribution is 5.75. The quantitative estimate of drug-likeness (QED) is 0.876. The molecule has 1 aliphatic heterocycles. The lowest BCUT2D eigenvalue weighted by Gasteiger charge is -2.41. The third-order valence-corrected chi connectivity index (χ3v) is 6.27. The Morgan fingerprint density at radius 1 is 1.31 bits per heavy atom. The van der Waals surface area contributed by atoms with E-state index >= 15 is 0 Å². The Kier molecular flexibility index (Phi) is 5.54. The number of hydrogen-bond acceptors (Lipinski definition) is 3. The van der Waals surface area contributed by atoms with Crippen LogP contribution in [0.1, 0.15) is 45.1 Å². The molecule has 2 aliphatic rings. The Hall–Kier alpha value is -2.04. The molecule has 2 fully saturated rings. The topological polar surface area (TPSA) is 66.8 Å². The molecule has 1 aromatic rings. The fourth-order valence-electron chi connectivity index (χ4n) is 4.73. The van der Waals surface area contributed by atoms with E-state index in [1.165, 1.54) is 0 Å². The minimum absolute atomic E-state index is 0.218. The molecule has 26 heavy (non-hydrogen) atoms. The predicted molar refractivity (Wildman–Crippen MR) is 98.6 cm³/mol. The monoisotopic (exact) mass is 359 g/mol. The molecule has 0 aromatic heterocycles. The summed E-state index contributed by atoms with van der Waals surface area (Å²) < 4.78 is 5.44. The summed E-state index contributed by atoms with van der Waals surface area (Å²) in [6.45, 7) is 5.39. The minimum atomic E-state index is -0.784. The molecule has 0 bridgehead atoms. The van der Waals surface area contributed by atoms with Gasteiger partial charge in [-0.15, -0.1) is 0 Å². The van der Waals surface area contributed by atoms with Crippen LogP contribution in [0.25, 0.3) is 0 Å². The minimum Gasteiger partial charge on any atom is -0.481 e. The average Bonchev–Trinajstić information content (AvgIpc) is 2.99. The molecule has 3 unspecified atom stereocenters. The van der Waals surface area contributed by atoms with Gasteiger partial charge in [-0.25, -0.2) is 4.79 Å². The Morgan fingerprint density at radius 2 is 2.04 bits per heavy atom. The van der Waals surface area contributed by atoms with Crippen LogP contribution in [0.4, 0.5) is 4.79 Å². The maximum absolute atomic E-state index is 12.5. The van der Waals surface area contributed by atoms with Crippen LogP contribution in [0.2, 0.25) is 0 Å². The van der Waals surface area contributed by atoms with Crippen LogP contribution >= 0.6 is 0 Å². The highest BCUT2D eigenvalue weighted by atomic mass is 16.6. The summed E-state index contributed by atoms with van der Waals surface area (Å²) in [5, 5.41) is 9.78. The van der Waals surface area contributed by atoms with Crippen LogP contribution in [0.15, 0.2) is 30.3 Å². The van der Waals surface area contributed by atoms with E-state index in [1.54, 1.807) is 4.90 Å². The van der Waals surface area contributed by atoms with Gasteiger partial charge in [0, 0.05) is 18.5 Å². The Morgan fingerprint density at radius 3 is 2.69 bits per heavy atom. The molecule has 3 atom stereocenters. The summed E-state index contributed by atoms with van der Waals surface area (Å²) in [5.74, 6) is -0.201. The maximum Gasteiger partial charge on any atom is 0.410 e. The van der Waals surface area contributed by atoms with Crippen molar-refractivity contribution < 1.29 is 19.4 Å². The molecule has 1 N–H and O–H groups in total. The SMILES string of the molecule is CC(C)C1CCCC2(C1)CN(C(=O)OCc1ccccc1)CC2C(=O)O. The first-order valence-electron chi connectivity index (χ1n) is 9.60. The van der Waals surface area contributed by atoms with Crippen molar-refractivity contribution in [3.63, 3.8) is 0 Å². The molecule has 3 rings (SSSR count). The lowest BCUT2D eigenvalue weighted by atomic mass is 9.62. The van der Waals surface area contributed by atoms with Gasteiger partial charge in [0.1, 0.15) is 6.61 Å². The van der Waals surface area contributed by atoms with E-state index in [0.29, 0.717) is 18.4 Å². The number of benzene rings is 1. The van der Waals surface area contributed by atoms with E-state index in [4.69, 9.17) is 4.74 Å². The summed E-state index contributed by atoms with van der Waals surface area (Å²) in [7, 11) is 0. The van der Waals surface area contributed by atoms with Crippen molar-refractivity contribution in [3.8, 4) is 0 Å². The van der Waals surface area contributed by atoms with E-state index in [0.717, 1.165) is 31.2 Å². The molecule has 5 heteroatoms. The number of rotatable bonds is 4. The lowest BCUT2D eigenvalue weighted by Crippen LogP contribution is -2.40. The fourth-order valence-corrected chi connectivity index (χ4v) is 4.73. The summed E-state index contributed by atoms with van der Waals surface area (Å²) in [6.07, 6.45) is 3.58. The number of hydrogen-bond donors (Lipinski definition) is 1. The van der Waals surface area contributed by atoms with Crippen molar-refractivity contribution in [2.75, 3.05) is 13.1 Å². The lowest BCUT2D eigenvalue weighted by molar-refractivity contribution is -0.146. The van der Waals surface area contributed by atoms with Gasteiger partial charge in [0.15, 0.2) is 0 Å². The molecule has 1 amide bonds. The zero-order valence-electron chi connectivity index (χ0n) is 15.7. The number of likely N-dealkylation sites (tertiary alicyclic amines) is 1. The molecule has 5 nitrogen and oxygen atoms in total. The standard InChI is InChI=1S/C21H29NO4/c1-15(2)17-9-6-10-21(11-17)14-22(12-18(21)19(23)24)20(25)26-13-16-7-4-3-5-8-16/h3-5,7-8,15,17-18H,6,9-14H2,1-2H3,(H,23,24). The molecular formula is C21H29NO4. The second kappa shape index (κ2) is 7.68. The van der Waals surface area contributed by atoms with Crippen LogP contribution in [-0.4, -0.2) is 35.2 Å². The number of carboxylic acids is 1. The van der Waals surface area contributed by atoms with Gasteiger partial charge in [-0.3, -0.25) is 4.79 Å². The average molecular weight is 359 g/mol. The van der Waals surface area contributed by atoms with Gasteiger partial charge in [0.2, 0.25) is 0 Å². The zero-order chi connectivity index (χ0) is 18.7. The zero-order valence-corrected chi connectivity index (χ0v) is 15.7. The van der Waals surface area contributed by atoms with Gasteiger partial charge in [-0.2, -0.15) is 0 Å². The molecule has 1 heterocycles. The van der Waals surface area contributed by atoms with E-state index in [9.17, 15) is 14.7 Å². The first-order chi connectivity index (χ1) is 12.4. The third kappa shape index (κ3) is 3.87. The van der Waals surface area contributed by atoms with Gasteiger partial charge in [0.25, 0.3) is 0 Å². The van der Waals surface area contributed by atoms with Gasteiger partial charge < -0.3 is 14.7 Å². The van der Waals surface area contributed by atoms with Gasteiger partial charge in [-0.1, -0.05) is 57.0 Å². The van der Waals surface area contributed by atoms with E-state index in [-0.39, 0.29) is 18.6 Å². The molecule has 1 saturated carbocycles. The maximum atomic E-state index is 12.5. The predicted octanol–water partition coefficient (Wildman–Crippen LogP) is 4.17. The Bertz CT molecular complexity index is 645. The number of ether oxygens (including phenoxy) is 1. The summed E-state index contributed by atoms with van der Waals surface area (Å²) in [4.78, 5) is 26.1. The van der Waals surface area contributed by atoms with Gasteiger partial charge >= 0.3 is 12.1 Å². The van der Waals surface area contributed by atoms with E-state index in [2.05, 4.69) is 13.8 Å². The molecule has 1 spiro atoms. The van der Waals surface area contributed by atoms with Crippen molar-refractivity contribution in [1.82, 2.24) is 4.90 Å². The normalized spacial score (nSPS) is 28.5. The fraction of sp³-hybridized carbons (Fsp3) is 0.619. The van der Waals surface area contributed by atoms with Crippen LogP contribution in [0.3, 0.4) is 0 Å². The smallest absolute Gasteiger partial charge is 0.410 e. The molecule has 0 radical (unpaired) electrons. The largest absolute Gasteiger partial charge is 0.481 e. The second-order valence-electron chi connectivity index (χ2n) is 8.27. The Balaban J connectivity index is 1.68. The number of nitrogens with zero attached hydrogens (tertiary/aromatic N) is 1. The third-order valence-electron chi connectivity index (χ3n) is 6.27. The highest BCUT2D eigenvalue weighted by Crippen LogP contribution is 2.51. The number of aliphatic carboxylic acids is 1. The summed E-state index contributed by atoms with van der Waals surface area (Å²) in [5.41, 5.74) is 0.632. The van der Waals surface area contributed by atoms with Crippen LogP contribution in [0.5, 0.6) is 0 Å². The summed E-state index contributed by atoms with van der Waals surface area (Å²) in [6, 6.07) is 9.55. The number of carboxylic acid groups (broad SMARTS) is 1. The van der Waals surface area contributed by atoms with Crippen molar-refractivity contribution in [1.29, 1.82) is 0 Å². The molecule has 1 aliphatic carbocycles. The van der Waals surface area contributed by atoms with Crippen molar-refractivity contribution in [2.24, 2.45) is 23.2 Å².